The zero-order valence-electron chi connectivity index (χ0n) is 17.5. The van der Waals surface area contributed by atoms with Gasteiger partial charge in [0.15, 0.2) is 11.5 Å². The lowest BCUT2D eigenvalue weighted by molar-refractivity contribution is -0.141. The van der Waals surface area contributed by atoms with E-state index >= 15 is 0 Å². The van der Waals surface area contributed by atoms with Gasteiger partial charge < -0.3 is 5.32 Å². The first-order chi connectivity index (χ1) is 15.2. The molecule has 3 aliphatic rings. The molecule has 7 nitrogen and oxygen atoms in total. The Morgan fingerprint density at radius 1 is 1.00 bits per heavy atom. The summed E-state index contributed by atoms with van der Waals surface area (Å²) < 4.78 is 94.1. The molecule has 2 fully saturated rings. The van der Waals surface area contributed by atoms with Crippen molar-refractivity contribution in [2.24, 2.45) is 21.6 Å². The number of hydrogen-bond donors (Lipinski definition) is 3. The van der Waals surface area contributed by atoms with Crippen molar-refractivity contribution in [2.75, 3.05) is 0 Å². The number of nitrogens with two attached hydrogens (primary N) is 1. The van der Waals surface area contributed by atoms with Crippen LogP contribution in [-0.2, 0) is 6.18 Å². The van der Waals surface area contributed by atoms with Gasteiger partial charge in [-0.15, -0.1) is 0 Å². The van der Waals surface area contributed by atoms with Crippen LogP contribution in [0.15, 0.2) is 22.2 Å². The normalized spacial score (nSPS) is 29.9. The second-order valence-corrected chi connectivity index (χ2v) is 8.85. The number of aliphatic imine (C=N–C) groups is 2. The molecular weight excluding hydrogens is 459 g/mol. The number of halogens is 7. The van der Waals surface area contributed by atoms with E-state index in [0.29, 0.717) is 0 Å². The molecule has 0 spiro atoms. The fraction of sp³-hybridized carbons (Fsp3) is 0.737. The van der Waals surface area contributed by atoms with Crippen molar-refractivity contribution < 1.29 is 30.7 Å². The summed E-state index contributed by atoms with van der Waals surface area (Å²) in [6.07, 6.45) is -4.84. The maximum Gasteiger partial charge on any atom is 0.435 e. The fourth-order valence-electron chi connectivity index (χ4n) is 4.33. The minimum Gasteiger partial charge on any atom is -0.319 e. The molecule has 2 heterocycles. The van der Waals surface area contributed by atoms with Crippen LogP contribution in [-0.4, -0.2) is 45.4 Å². The summed E-state index contributed by atoms with van der Waals surface area (Å²) >= 11 is 0. The largest absolute Gasteiger partial charge is 0.435 e. The van der Waals surface area contributed by atoms with E-state index in [0.717, 1.165) is 16.9 Å². The van der Waals surface area contributed by atoms with Crippen molar-refractivity contribution in [3.8, 4) is 0 Å². The number of nitrogens with zero attached hydrogens (tertiary/aromatic N) is 4. The SMILES string of the molecule is NC1(C2CCC(F)(F)CC2)N=C(n2ccc(C(F)(F)F)n2)NC(=NC2CCC(F)(F)CC2)N1. The van der Waals surface area contributed by atoms with Gasteiger partial charge in [-0.05, 0) is 31.7 Å². The standard InChI is InChI=1S/C19H24F7N7/c20-16(21)6-1-11(2-7-16)19(27)30-14(28-12-3-8-17(22,23)9-4-12)29-15(31-19)33-10-5-13(32-33)18(24,25)26/h5,10-12H,1-4,6-9,27H2,(H2,28,29,30,31). The van der Waals surface area contributed by atoms with Gasteiger partial charge in [0, 0.05) is 37.8 Å². The highest BCUT2D eigenvalue weighted by molar-refractivity contribution is 6.01. The van der Waals surface area contributed by atoms with E-state index in [1.165, 1.54) is 0 Å². The molecule has 2 aliphatic carbocycles. The topological polar surface area (TPSA) is 92.6 Å². The highest BCUT2D eigenvalue weighted by atomic mass is 19.4. The predicted octanol–water partition coefficient (Wildman–Crippen LogP) is 3.67. The summed E-state index contributed by atoms with van der Waals surface area (Å²) in [4.78, 5) is 8.68. The molecule has 1 aromatic heterocycles. The summed E-state index contributed by atoms with van der Waals surface area (Å²) in [5.74, 6) is -7.93. The third kappa shape index (κ3) is 5.41. The third-order valence-corrected chi connectivity index (χ3v) is 6.27. The summed E-state index contributed by atoms with van der Waals surface area (Å²) in [7, 11) is 0. The van der Waals surface area contributed by atoms with Crippen LogP contribution in [0.5, 0.6) is 0 Å². The van der Waals surface area contributed by atoms with Gasteiger partial charge in [0.25, 0.3) is 0 Å². The van der Waals surface area contributed by atoms with Crippen molar-refractivity contribution in [1.29, 1.82) is 0 Å². The van der Waals surface area contributed by atoms with Gasteiger partial charge in [-0.3, -0.25) is 11.1 Å². The Hall–Kier alpha value is -2.38. The lowest BCUT2D eigenvalue weighted by Crippen LogP contribution is -2.68. The van der Waals surface area contributed by atoms with Gasteiger partial charge in [0.05, 0.1) is 6.04 Å². The molecule has 14 heteroatoms. The Kier molecular flexibility index (Phi) is 5.86. The first-order valence-corrected chi connectivity index (χ1v) is 10.7. The van der Waals surface area contributed by atoms with Crippen LogP contribution in [0.1, 0.15) is 57.1 Å². The van der Waals surface area contributed by atoms with Gasteiger partial charge >= 0.3 is 6.18 Å². The van der Waals surface area contributed by atoms with Gasteiger partial charge in [-0.25, -0.2) is 32.2 Å². The van der Waals surface area contributed by atoms with E-state index in [4.69, 9.17) is 5.73 Å². The molecule has 2 saturated carbocycles. The van der Waals surface area contributed by atoms with Gasteiger partial charge in [-0.2, -0.15) is 18.3 Å². The van der Waals surface area contributed by atoms with E-state index in [1.54, 1.807) is 0 Å². The third-order valence-electron chi connectivity index (χ3n) is 6.27. The van der Waals surface area contributed by atoms with Crippen molar-refractivity contribution in [3.05, 3.63) is 18.0 Å². The monoisotopic (exact) mass is 483 g/mol. The Labute approximate surface area is 184 Å². The van der Waals surface area contributed by atoms with Crippen LogP contribution in [0.2, 0.25) is 0 Å². The van der Waals surface area contributed by atoms with Crippen LogP contribution in [0.3, 0.4) is 0 Å². The minimum atomic E-state index is -4.68. The Morgan fingerprint density at radius 3 is 2.12 bits per heavy atom. The molecule has 1 atom stereocenters. The number of guanidine groups is 1. The van der Waals surface area contributed by atoms with Gasteiger partial charge in [0.1, 0.15) is 0 Å². The summed E-state index contributed by atoms with van der Waals surface area (Å²) in [6, 6.07) is 0.285. The van der Waals surface area contributed by atoms with Crippen molar-refractivity contribution in [3.63, 3.8) is 0 Å². The summed E-state index contributed by atoms with van der Waals surface area (Å²) in [5, 5.41) is 9.06. The molecule has 0 radical (unpaired) electrons. The second-order valence-electron chi connectivity index (χ2n) is 8.85. The van der Waals surface area contributed by atoms with Crippen LogP contribution >= 0.6 is 0 Å². The van der Waals surface area contributed by atoms with Crippen molar-refractivity contribution >= 4 is 11.9 Å². The molecule has 1 aliphatic heterocycles. The van der Waals surface area contributed by atoms with Crippen molar-refractivity contribution in [2.45, 2.75) is 81.2 Å². The van der Waals surface area contributed by atoms with Crippen LogP contribution in [0.25, 0.3) is 0 Å². The van der Waals surface area contributed by atoms with Gasteiger partial charge in [0.2, 0.25) is 23.8 Å². The lowest BCUT2D eigenvalue weighted by Gasteiger charge is -2.42. The first-order valence-electron chi connectivity index (χ1n) is 10.7. The molecule has 0 aromatic carbocycles. The average Bonchev–Trinajstić information content (AvgIpc) is 3.20. The number of alkyl halides is 7. The molecule has 184 valence electrons. The quantitative estimate of drug-likeness (QED) is 0.560. The maximum absolute atomic E-state index is 13.7. The highest BCUT2D eigenvalue weighted by Gasteiger charge is 2.46. The maximum atomic E-state index is 13.7. The molecule has 0 bridgehead atoms. The second kappa shape index (κ2) is 8.13. The zero-order valence-corrected chi connectivity index (χ0v) is 17.5. The van der Waals surface area contributed by atoms with Crippen LogP contribution < -0.4 is 16.4 Å². The number of nitrogens with one attached hydrogen (secondary N) is 2. The summed E-state index contributed by atoms with van der Waals surface area (Å²) in [5.41, 5.74) is 5.28. The van der Waals surface area contributed by atoms with Crippen LogP contribution in [0, 0.1) is 5.92 Å². The number of rotatable bonds is 2. The van der Waals surface area contributed by atoms with E-state index in [9.17, 15) is 30.7 Å². The minimum absolute atomic E-state index is 0.0270. The Balaban J connectivity index is 1.62. The first kappa shape index (κ1) is 23.8. The molecule has 33 heavy (non-hydrogen) atoms. The molecule has 0 amide bonds. The smallest absolute Gasteiger partial charge is 0.319 e. The van der Waals surface area contributed by atoms with E-state index in [-0.39, 0.29) is 50.4 Å². The average molecular weight is 483 g/mol. The lowest BCUT2D eigenvalue weighted by atomic mass is 9.82. The Morgan fingerprint density at radius 2 is 1.58 bits per heavy atom. The molecule has 0 saturated heterocycles. The Bertz CT molecular complexity index is 919. The number of hydrogen-bond acceptors (Lipinski definition) is 4. The highest BCUT2D eigenvalue weighted by Crippen LogP contribution is 2.40. The predicted molar refractivity (Wildman–Crippen MR) is 105 cm³/mol. The molecule has 4 rings (SSSR count). The number of aromatic nitrogens is 2. The van der Waals surface area contributed by atoms with E-state index < -0.39 is 54.3 Å². The zero-order chi connectivity index (χ0) is 24.1. The molecular formula is C19H24F7N7. The van der Waals surface area contributed by atoms with E-state index in [1.807, 2.05) is 0 Å². The molecule has 1 aromatic rings. The summed E-state index contributed by atoms with van der Waals surface area (Å²) in [6.45, 7) is 0. The molecule has 1 unspecified atom stereocenters. The van der Waals surface area contributed by atoms with Crippen LogP contribution in [0.4, 0.5) is 30.7 Å². The fourth-order valence-corrected chi connectivity index (χ4v) is 4.33. The molecule has 4 N–H and O–H groups in total. The van der Waals surface area contributed by atoms with Gasteiger partial charge in [-0.1, -0.05) is 0 Å². The van der Waals surface area contributed by atoms with Crippen molar-refractivity contribution in [1.82, 2.24) is 20.4 Å². The van der Waals surface area contributed by atoms with E-state index in [2.05, 4.69) is 25.7 Å².